The Balaban J connectivity index is 1.63. The van der Waals surface area contributed by atoms with Crippen LogP contribution in [0.15, 0.2) is 66.0 Å². The Morgan fingerprint density at radius 2 is 1.84 bits per heavy atom. The Morgan fingerprint density at radius 1 is 1.09 bits per heavy atom. The molecule has 2 aromatic carbocycles. The van der Waals surface area contributed by atoms with Crippen LogP contribution < -0.4 is 10.7 Å². The highest BCUT2D eigenvalue weighted by Gasteiger charge is 2.31. The molecule has 3 heterocycles. The summed E-state index contributed by atoms with van der Waals surface area (Å²) in [5, 5.41) is 16.6. The highest BCUT2D eigenvalue weighted by Crippen LogP contribution is 2.42. The van der Waals surface area contributed by atoms with Crippen LogP contribution in [0.1, 0.15) is 84.2 Å². The maximum Gasteiger partial charge on any atom is 0.293 e. The van der Waals surface area contributed by atoms with Gasteiger partial charge in [-0.2, -0.15) is 0 Å². The average molecular weight is 795 g/mol. The fraction of sp³-hybridized carbons (Fsp3) is 0.444. The van der Waals surface area contributed by atoms with Crippen LogP contribution in [0.25, 0.3) is 33.3 Å². The number of fused-ring (bicyclic) bond motifs is 1. The number of aryl methyl sites for hydroxylation is 1. The molecule has 3 N–H and O–H groups in total. The van der Waals surface area contributed by atoms with E-state index in [1.54, 1.807) is 44.3 Å². The van der Waals surface area contributed by atoms with E-state index in [4.69, 9.17) is 14.5 Å². The number of methoxy groups -OCH3 is 1. The van der Waals surface area contributed by atoms with Crippen LogP contribution in [0, 0.1) is 5.41 Å². The molecular formula is C45H58N6O7. The summed E-state index contributed by atoms with van der Waals surface area (Å²) in [5.74, 6) is -1.15. The molecule has 1 fully saturated rings. The third-order valence-corrected chi connectivity index (χ3v) is 10.7. The van der Waals surface area contributed by atoms with E-state index < -0.39 is 17.4 Å². The number of phenols is 1. The third kappa shape index (κ3) is 9.76. The lowest BCUT2D eigenvalue weighted by atomic mass is 9.84. The number of aromatic hydroxyl groups is 1. The van der Waals surface area contributed by atoms with Crippen molar-refractivity contribution in [3.8, 4) is 28.1 Å². The maximum atomic E-state index is 14.0. The van der Waals surface area contributed by atoms with Gasteiger partial charge in [0.15, 0.2) is 0 Å². The van der Waals surface area contributed by atoms with E-state index >= 15 is 0 Å². The Kier molecular flexibility index (Phi) is 14.1. The number of rotatable bonds is 16. The highest BCUT2D eigenvalue weighted by molar-refractivity contribution is 6.00. The van der Waals surface area contributed by atoms with Gasteiger partial charge in [0, 0.05) is 75.2 Å². The SMILES string of the molecule is CCn1c(-c2cccnc2C(C)OC)c(CC(C)(C)COC=O)c2cc(-c3cc(O)cc(CC(NC(=O)C(=C(C)C)N(C)C(C)=O)C(=O)N4CCCCN4)c3)ccc21. The van der Waals surface area contributed by atoms with Crippen molar-refractivity contribution in [3.05, 3.63) is 82.8 Å². The molecule has 13 nitrogen and oxygen atoms in total. The van der Waals surface area contributed by atoms with Crippen LogP contribution in [0.5, 0.6) is 5.75 Å². The summed E-state index contributed by atoms with van der Waals surface area (Å²) in [4.78, 5) is 57.4. The zero-order chi connectivity index (χ0) is 42.3. The molecule has 2 aromatic heterocycles. The predicted molar refractivity (Wildman–Crippen MR) is 224 cm³/mol. The second kappa shape index (κ2) is 18.8. The Hall–Kier alpha value is -5.53. The third-order valence-electron chi connectivity index (χ3n) is 10.7. The molecule has 0 saturated carbocycles. The minimum atomic E-state index is -1.00. The average Bonchev–Trinajstić information content (AvgIpc) is 3.50. The number of phenolic OH excluding ortho intramolecular Hbond substituents is 1. The van der Waals surface area contributed by atoms with Crippen LogP contribution in [-0.4, -0.2) is 88.7 Å². The number of carbonyl (C=O) groups is 4. The van der Waals surface area contributed by atoms with Gasteiger partial charge in [-0.15, -0.1) is 0 Å². The summed E-state index contributed by atoms with van der Waals surface area (Å²) < 4.78 is 13.3. The second-order valence-corrected chi connectivity index (χ2v) is 16.0. The number of carbonyl (C=O) groups excluding carboxylic acids is 4. The largest absolute Gasteiger partial charge is 0.508 e. The van der Waals surface area contributed by atoms with E-state index in [9.17, 15) is 24.3 Å². The second-order valence-electron chi connectivity index (χ2n) is 16.0. The normalized spacial score (nSPS) is 14.1. The molecule has 2 atom stereocenters. The van der Waals surface area contributed by atoms with E-state index in [1.165, 1.54) is 18.9 Å². The number of ether oxygens (including phenoxy) is 2. The standard InChI is InChI=1S/C45H58N6O7/c1-10-50-39-16-15-32(24-36(39)37(25-45(6,7)26-58-27-52)42(50)35-14-13-17-46-40(35)29(4)57-9)33-20-31(21-34(54)23-33)22-38(44(56)51-19-12-11-18-47-51)48-43(55)41(28(2)3)49(8)30(5)53/h13-17,20-21,23-24,27,29,38,47,54H,10-12,18-19,22,25-26H2,1-9H3,(H,48,55). The lowest BCUT2D eigenvalue weighted by molar-refractivity contribution is -0.140. The predicted octanol–water partition coefficient (Wildman–Crippen LogP) is 6.47. The number of likely N-dealkylation sites (N-methyl/N-ethyl adjacent to an activating group) is 1. The molecule has 2 unspecified atom stereocenters. The van der Waals surface area contributed by atoms with Crippen molar-refractivity contribution >= 4 is 35.1 Å². The molecule has 4 aromatic rings. The highest BCUT2D eigenvalue weighted by atomic mass is 16.5. The van der Waals surface area contributed by atoms with Crippen molar-refractivity contribution in [2.45, 2.75) is 92.8 Å². The quantitative estimate of drug-likeness (QED) is 0.0855. The molecule has 1 saturated heterocycles. The first-order valence-corrected chi connectivity index (χ1v) is 19.9. The fourth-order valence-corrected chi connectivity index (χ4v) is 7.82. The molecule has 0 bridgehead atoms. The number of benzene rings is 2. The summed E-state index contributed by atoms with van der Waals surface area (Å²) in [7, 11) is 3.20. The van der Waals surface area contributed by atoms with Gasteiger partial charge >= 0.3 is 0 Å². The molecular weight excluding hydrogens is 737 g/mol. The van der Waals surface area contributed by atoms with E-state index in [-0.39, 0.29) is 42.4 Å². The summed E-state index contributed by atoms with van der Waals surface area (Å²) in [6.45, 7) is 15.6. The zero-order valence-corrected chi connectivity index (χ0v) is 35.3. The van der Waals surface area contributed by atoms with Crippen LogP contribution in [0.4, 0.5) is 0 Å². The van der Waals surface area contributed by atoms with Gasteiger partial charge in [0.25, 0.3) is 18.3 Å². The molecule has 5 rings (SSSR count). The van der Waals surface area contributed by atoms with Crippen molar-refractivity contribution in [2.75, 3.05) is 33.9 Å². The molecule has 58 heavy (non-hydrogen) atoms. The van der Waals surface area contributed by atoms with Gasteiger partial charge < -0.3 is 29.4 Å². The number of pyridine rings is 1. The fourth-order valence-electron chi connectivity index (χ4n) is 7.82. The summed E-state index contributed by atoms with van der Waals surface area (Å²) in [5.41, 5.74) is 10.6. The van der Waals surface area contributed by atoms with Crippen LogP contribution in [-0.2, 0) is 48.0 Å². The number of allylic oxidation sites excluding steroid dienone is 1. The molecule has 0 spiro atoms. The molecule has 0 aliphatic carbocycles. The Bertz CT molecular complexity index is 2180. The first-order valence-electron chi connectivity index (χ1n) is 19.9. The topological polar surface area (TPSA) is 155 Å². The van der Waals surface area contributed by atoms with Gasteiger partial charge in [0.2, 0.25) is 5.91 Å². The van der Waals surface area contributed by atoms with E-state index in [0.717, 1.165) is 57.4 Å². The number of nitrogens with one attached hydrogen (secondary N) is 2. The van der Waals surface area contributed by atoms with Gasteiger partial charge in [-0.05, 0) is 111 Å². The number of hydrogen-bond acceptors (Lipinski definition) is 9. The molecule has 310 valence electrons. The summed E-state index contributed by atoms with van der Waals surface area (Å²) in [6.07, 6.45) is 3.91. The summed E-state index contributed by atoms with van der Waals surface area (Å²) in [6, 6.07) is 14.4. The van der Waals surface area contributed by atoms with Crippen molar-refractivity contribution in [3.63, 3.8) is 0 Å². The number of hydrogen-bond donors (Lipinski definition) is 3. The Labute approximate surface area is 341 Å². The Morgan fingerprint density at radius 3 is 2.48 bits per heavy atom. The lowest BCUT2D eigenvalue weighted by Crippen LogP contribution is -2.56. The molecule has 1 aliphatic rings. The van der Waals surface area contributed by atoms with Gasteiger partial charge in [0.1, 0.15) is 17.5 Å². The van der Waals surface area contributed by atoms with Gasteiger partial charge in [-0.25, -0.2) is 5.43 Å². The minimum absolute atomic E-state index is 0.00950. The first kappa shape index (κ1) is 43.6. The van der Waals surface area contributed by atoms with Gasteiger partial charge in [-0.3, -0.25) is 29.2 Å². The molecule has 1 aliphatic heterocycles. The number of hydrazine groups is 1. The molecule has 13 heteroatoms. The smallest absolute Gasteiger partial charge is 0.293 e. The van der Waals surface area contributed by atoms with E-state index in [2.05, 4.69) is 54.3 Å². The van der Waals surface area contributed by atoms with Gasteiger partial charge in [-0.1, -0.05) is 26.0 Å². The van der Waals surface area contributed by atoms with Crippen molar-refractivity contribution < 1.29 is 33.8 Å². The van der Waals surface area contributed by atoms with Crippen LogP contribution in [0.3, 0.4) is 0 Å². The van der Waals surface area contributed by atoms with E-state index in [1.807, 2.05) is 25.1 Å². The minimum Gasteiger partial charge on any atom is -0.508 e. The molecule has 3 amide bonds. The van der Waals surface area contributed by atoms with Gasteiger partial charge in [0.05, 0.1) is 24.1 Å². The van der Waals surface area contributed by atoms with E-state index in [0.29, 0.717) is 43.7 Å². The summed E-state index contributed by atoms with van der Waals surface area (Å²) >= 11 is 0. The number of amides is 3. The number of aromatic nitrogens is 2. The van der Waals surface area contributed by atoms with Crippen molar-refractivity contribution in [2.24, 2.45) is 5.41 Å². The lowest BCUT2D eigenvalue weighted by Gasteiger charge is -2.32. The first-order chi connectivity index (χ1) is 27.6. The van der Waals surface area contributed by atoms with Crippen molar-refractivity contribution in [1.29, 1.82) is 0 Å². The molecule has 0 radical (unpaired) electrons. The van der Waals surface area contributed by atoms with Crippen LogP contribution in [0.2, 0.25) is 0 Å². The monoisotopic (exact) mass is 794 g/mol. The maximum absolute atomic E-state index is 14.0. The zero-order valence-electron chi connectivity index (χ0n) is 35.3. The van der Waals surface area contributed by atoms with Crippen molar-refractivity contribution in [1.82, 2.24) is 30.2 Å². The number of nitrogens with zero attached hydrogens (tertiary/aromatic N) is 4. The van der Waals surface area contributed by atoms with Crippen LogP contribution >= 0.6 is 0 Å².